The maximum atomic E-state index is 13.1. The number of imide groups is 1. The second-order valence-corrected chi connectivity index (χ2v) is 7.42. The highest BCUT2D eigenvalue weighted by Gasteiger charge is 2.42. The Hall–Kier alpha value is -2.53. The van der Waals surface area contributed by atoms with Crippen molar-refractivity contribution in [2.45, 2.75) is 10.9 Å². The number of hydrogen-bond acceptors (Lipinski definition) is 5. The molecular formula is C14H15FN4O5S. The first kappa shape index (κ1) is 17.3. The van der Waals surface area contributed by atoms with Crippen LogP contribution in [0.15, 0.2) is 29.2 Å². The molecule has 0 aliphatic carbocycles. The van der Waals surface area contributed by atoms with Crippen LogP contribution in [0.3, 0.4) is 0 Å². The van der Waals surface area contributed by atoms with Gasteiger partial charge >= 0.3 is 6.03 Å². The molecule has 11 heteroatoms. The normalized spacial score (nSPS) is 18.3. The van der Waals surface area contributed by atoms with E-state index in [1.165, 1.54) is 17.0 Å². The van der Waals surface area contributed by atoms with Crippen LogP contribution in [0.1, 0.15) is 0 Å². The molecule has 0 aromatic heterocycles. The first-order valence-electron chi connectivity index (χ1n) is 7.41. The molecule has 2 heterocycles. The van der Waals surface area contributed by atoms with Crippen molar-refractivity contribution in [1.82, 2.24) is 19.8 Å². The van der Waals surface area contributed by atoms with Gasteiger partial charge in [0.25, 0.3) is 0 Å². The van der Waals surface area contributed by atoms with Crippen LogP contribution in [0, 0.1) is 5.82 Å². The SMILES string of the molecule is O=C(CNS(=O)(=O)c1cccc(F)c1)N1CC(N2C(=O)CNC2=O)C1. The van der Waals surface area contributed by atoms with Crippen molar-refractivity contribution in [3.8, 4) is 0 Å². The van der Waals surface area contributed by atoms with Crippen molar-refractivity contribution in [3.63, 3.8) is 0 Å². The summed E-state index contributed by atoms with van der Waals surface area (Å²) in [5.41, 5.74) is 0. The number of nitrogens with one attached hydrogen (secondary N) is 2. The zero-order valence-electron chi connectivity index (χ0n) is 12.9. The van der Waals surface area contributed by atoms with E-state index in [0.717, 1.165) is 17.0 Å². The quantitative estimate of drug-likeness (QED) is 0.636. The number of amides is 4. The highest BCUT2D eigenvalue weighted by Crippen LogP contribution is 2.18. The number of likely N-dealkylation sites (tertiary alicyclic amines) is 1. The molecule has 0 radical (unpaired) electrons. The molecule has 0 unspecified atom stereocenters. The maximum absolute atomic E-state index is 13.1. The van der Waals surface area contributed by atoms with Crippen LogP contribution in [0.5, 0.6) is 0 Å². The van der Waals surface area contributed by atoms with Crippen LogP contribution in [0.25, 0.3) is 0 Å². The molecule has 0 saturated carbocycles. The average Bonchev–Trinajstić information content (AvgIpc) is 2.84. The third-order valence-electron chi connectivity index (χ3n) is 3.98. The third-order valence-corrected chi connectivity index (χ3v) is 5.38. The number of nitrogens with zero attached hydrogens (tertiary/aromatic N) is 2. The molecule has 0 spiro atoms. The smallest absolute Gasteiger partial charge is 0.324 e. The van der Waals surface area contributed by atoms with E-state index in [1.807, 2.05) is 0 Å². The number of sulfonamides is 1. The molecule has 9 nitrogen and oxygen atoms in total. The molecule has 1 aromatic rings. The van der Waals surface area contributed by atoms with Gasteiger partial charge in [0.1, 0.15) is 5.82 Å². The largest absolute Gasteiger partial charge is 0.337 e. The highest BCUT2D eigenvalue weighted by molar-refractivity contribution is 7.89. The minimum atomic E-state index is -4.01. The molecule has 2 fully saturated rings. The summed E-state index contributed by atoms with van der Waals surface area (Å²) in [7, 11) is -4.01. The van der Waals surface area contributed by atoms with E-state index in [1.54, 1.807) is 0 Å². The number of halogens is 1. The lowest BCUT2D eigenvalue weighted by Crippen LogP contribution is -2.63. The van der Waals surface area contributed by atoms with Gasteiger partial charge in [-0.05, 0) is 18.2 Å². The van der Waals surface area contributed by atoms with Crippen LogP contribution >= 0.6 is 0 Å². The predicted octanol–water partition coefficient (Wildman–Crippen LogP) is -1.13. The van der Waals surface area contributed by atoms with Gasteiger partial charge in [0.05, 0.1) is 24.0 Å². The molecule has 2 saturated heterocycles. The fourth-order valence-electron chi connectivity index (χ4n) is 2.61. The van der Waals surface area contributed by atoms with Crippen LogP contribution in [-0.2, 0) is 19.6 Å². The Morgan fingerprint density at radius 2 is 2.04 bits per heavy atom. The number of rotatable bonds is 5. The van der Waals surface area contributed by atoms with Crippen LogP contribution in [-0.4, -0.2) is 68.3 Å². The lowest BCUT2D eigenvalue weighted by atomic mass is 10.1. The Morgan fingerprint density at radius 3 is 2.64 bits per heavy atom. The molecule has 2 aliphatic heterocycles. The molecule has 0 atom stereocenters. The van der Waals surface area contributed by atoms with Crippen molar-refractivity contribution < 1.29 is 27.2 Å². The molecule has 2 N–H and O–H groups in total. The van der Waals surface area contributed by atoms with Crippen molar-refractivity contribution >= 4 is 27.9 Å². The standard InChI is InChI=1S/C14H15FN4O5S/c15-9-2-1-3-11(4-9)25(23,24)17-6-12(20)18-7-10(8-18)19-13(21)5-16-14(19)22/h1-4,10,17H,5-8H2,(H,16,22). The Bertz CT molecular complexity index is 821. The maximum Gasteiger partial charge on any atom is 0.324 e. The minimum Gasteiger partial charge on any atom is -0.337 e. The van der Waals surface area contributed by atoms with Gasteiger partial charge in [-0.2, -0.15) is 0 Å². The second-order valence-electron chi connectivity index (χ2n) is 5.66. The van der Waals surface area contributed by atoms with Crippen LogP contribution < -0.4 is 10.0 Å². The fourth-order valence-corrected chi connectivity index (χ4v) is 3.62. The minimum absolute atomic E-state index is 0.0588. The number of hydrogen-bond donors (Lipinski definition) is 2. The van der Waals surface area contributed by atoms with Crippen molar-refractivity contribution in [3.05, 3.63) is 30.1 Å². The lowest BCUT2D eigenvalue weighted by molar-refractivity contribution is -0.141. The van der Waals surface area contributed by atoms with Gasteiger partial charge in [-0.15, -0.1) is 0 Å². The topological polar surface area (TPSA) is 116 Å². The van der Waals surface area contributed by atoms with Crippen molar-refractivity contribution in [1.29, 1.82) is 0 Å². The first-order valence-corrected chi connectivity index (χ1v) is 8.89. The highest BCUT2D eigenvalue weighted by atomic mass is 32.2. The summed E-state index contributed by atoms with van der Waals surface area (Å²) in [6.45, 7) is -0.248. The molecule has 3 rings (SSSR count). The van der Waals surface area contributed by atoms with Crippen molar-refractivity contribution in [2.24, 2.45) is 0 Å². The Morgan fingerprint density at radius 1 is 1.32 bits per heavy atom. The van der Waals surface area contributed by atoms with Gasteiger partial charge in [0, 0.05) is 13.1 Å². The van der Waals surface area contributed by atoms with Gasteiger partial charge in [-0.1, -0.05) is 6.07 Å². The van der Waals surface area contributed by atoms with E-state index >= 15 is 0 Å². The van der Waals surface area contributed by atoms with Gasteiger partial charge in [0.2, 0.25) is 21.8 Å². The van der Waals surface area contributed by atoms with E-state index < -0.39 is 40.4 Å². The summed E-state index contributed by atoms with van der Waals surface area (Å²) in [5.74, 6) is -1.55. The average molecular weight is 370 g/mol. The molecule has 2 aliphatic rings. The van der Waals surface area contributed by atoms with Gasteiger partial charge in [-0.25, -0.2) is 22.3 Å². The Kier molecular flexibility index (Phi) is 4.43. The van der Waals surface area contributed by atoms with E-state index in [-0.39, 0.29) is 30.4 Å². The molecule has 4 amide bonds. The molecular weight excluding hydrogens is 355 g/mol. The Labute approximate surface area is 142 Å². The third kappa shape index (κ3) is 3.46. The van der Waals surface area contributed by atoms with Gasteiger partial charge in [-0.3, -0.25) is 14.5 Å². The zero-order valence-corrected chi connectivity index (χ0v) is 13.8. The summed E-state index contributed by atoms with van der Waals surface area (Å²) in [4.78, 5) is 37.2. The van der Waals surface area contributed by atoms with Gasteiger partial charge in [0.15, 0.2) is 0 Å². The Balaban J connectivity index is 1.52. The van der Waals surface area contributed by atoms with E-state index in [2.05, 4.69) is 10.0 Å². The zero-order chi connectivity index (χ0) is 18.2. The predicted molar refractivity (Wildman–Crippen MR) is 82.2 cm³/mol. The summed E-state index contributed by atoms with van der Waals surface area (Å²) >= 11 is 0. The molecule has 25 heavy (non-hydrogen) atoms. The van der Waals surface area contributed by atoms with E-state index in [4.69, 9.17) is 0 Å². The summed E-state index contributed by atoms with van der Waals surface area (Å²) < 4.78 is 39.3. The number of carbonyl (C=O) groups is 3. The molecule has 134 valence electrons. The number of benzene rings is 1. The summed E-state index contributed by atoms with van der Waals surface area (Å²) in [6, 6.07) is 3.54. The second kappa shape index (κ2) is 6.41. The van der Waals surface area contributed by atoms with Crippen LogP contribution in [0.2, 0.25) is 0 Å². The van der Waals surface area contributed by atoms with E-state index in [9.17, 15) is 27.2 Å². The first-order chi connectivity index (χ1) is 11.8. The van der Waals surface area contributed by atoms with Gasteiger partial charge < -0.3 is 10.2 Å². The lowest BCUT2D eigenvalue weighted by Gasteiger charge is -2.42. The summed E-state index contributed by atoms with van der Waals surface area (Å²) in [6.07, 6.45) is 0. The fraction of sp³-hybridized carbons (Fsp3) is 0.357. The molecule has 0 bridgehead atoms. The van der Waals surface area contributed by atoms with Crippen LogP contribution in [0.4, 0.5) is 9.18 Å². The van der Waals surface area contributed by atoms with E-state index in [0.29, 0.717) is 0 Å². The summed E-state index contributed by atoms with van der Waals surface area (Å²) in [5, 5.41) is 2.39. The number of carbonyl (C=O) groups excluding carboxylic acids is 3. The monoisotopic (exact) mass is 370 g/mol. The molecule has 1 aromatic carbocycles. The van der Waals surface area contributed by atoms with Crippen molar-refractivity contribution in [2.75, 3.05) is 26.2 Å². The number of urea groups is 1.